The maximum absolute atomic E-state index is 12.3. The van der Waals surface area contributed by atoms with Gasteiger partial charge in [0.25, 0.3) is 0 Å². The first-order valence-electron chi connectivity index (χ1n) is 8.25. The molecule has 4 rings (SSSR count). The molecule has 1 aliphatic rings. The molecule has 0 unspecified atom stereocenters. The highest BCUT2D eigenvalue weighted by molar-refractivity contribution is 5.99. The van der Waals surface area contributed by atoms with E-state index in [4.69, 9.17) is 18.6 Å². The third-order valence-electron chi connectivity index (χ3n) is 4.03. The molecule has 0 saturated heterocycles. The summed E-state index contributed by atoms with van der Waals surface area (Å²) in [5.74, 6) is -0.521. The fourth-order valence-electron chi connectivity index (χ4n) is 2.71. The summed E-state index contributed by atoms with van der Waals surface area (Å²) in [7, 11) is 0. The Hall–Kier alpha value is -3.61. The molecule has 0 amide bonds. The maximum Gasteiger partial charge on any atom is 0.374 e. The fourth-order valence-corrected chi connectivity index (χ4v) is 2.71. The Morgan fingerprint density at radius 1 is 0.963 bits per heavy atom. The summed E-state index contributed by atoms with van der Waals surface area (Å²) in [5.41, 5.74) is 0.240. The lowest BCUT2D eigenvalue weighted by Gasteiger charge is -2.18. The summed E-state index contributed by atoms with van der Waals surface area (Å²) >= 11 is 0. The number of para-hydroxylation sites is 1. The predicted octanol–water partition coefficient (Wildman–Crippen LogP) is 2.60. The average molecular weight is 366 g/mol. The van der Waals surface area contributed by atoms with Gasteiger partial charge in [-0.1, -0.05) is 12.1 Å². The van der Waals surface area contributed by atoms with Gasteiger partial charge in [0.2, 0.25) is 5.76 Å². The Morgan fingerprint density at radius 2 is 1.74 bits per heavy atom. The minimum absolute atomic E-state index is 0.256. The number of rotatable bonds is 4. The largest absolute Gasteiger partial charge is 0.486 e. The van der Waals surface area contributed by atoms with E-state index < -0.39 is 18.4 Å². The third-order valence-corrected chi connectivity index (χ3v) is 4.03. The summed E-state index contributed by atoms with van der Waals surface area (Å²) in [6.45, 7) is 0.366. The molecule has 0 spiro atoms. The second-order valence-corrected chi connectivity index (χ2v) is 5.83. The lowest BCUT2D eigenvalue weighted by molar-refractivity contribution is 0.0444. The van der Waals surface area contributed by atoms with Crippen molar-refractivity contribution in [2.24, 2.45) is 0 Å². The molecule has 0 bridgehead atoms. The van der Waals surface area contributed by atoms with E-state index in [0.717, 1.165) is 6.07 Å². The summed E-state index contributed by atoms with van der Waals surface area (Å²) in [6, 6.07) is 12.4. The van der Waals surface area contributed by atoms with Crippen LogP contribution < -0.4 is 14.9 Å². The van der Waals surface area contributed by atoms with Crippen LogP contribution in [0.5, 0.6) is 11.5 Å². The molecule has 0 saturated carbocycles. The highest BCUT2D eigenvalue weighted by atomic mass is 16.6. The number of ether oxygens (including phenoxy) is 3. The molecule has 1 aliphatic heterocycles. The van der Waals surface area contributed by atoms with Gasteiger partial charge in [-0.25, -0.2) is 4.79 Å². The zero-order chi connectivity index (χ0) is 18.8. The number of ketones is 1. The van der Waals surface area contributed by atoms with E-state index in [2.05, 4.69) is 0 Å². The molecule has 0 radical (unpaired) electrons. The van der Waals surface area contributed by atoms with Crippen molar-refractivity contribution in [1.29, 1.82) is 0 Å². The molecule has 3 aromatic rings. The number of esters is 1. The van der Waals surface area contributed by atoms with Crippen molar-refractivity contribution in [2.45, 2.75) is 0 Å². The first-order chi connectivity index (χ1) is 13.1. The van der Waals surface area contributed by atoms with Crippen molar-refractivity contribution in [1.82, 2.24) is 0 Å². The van der Waals surface area contributed by atoms with E-state index in [-0.39, 0.29) is 16.8 Å². The molecule has 2 heterocycles. The molecule has 0 aliphatic carbocycles. The van der Waals surface area contributed by atoms with Gasteiger partial charge >= 0.3 is 5.97 Å². The van der Waals surface area contributed by atoms with Crippen LogP contribution in [-0.4, -0.2) is 31.6 Å². The van der Waals surface area contributed by atoms with Crippen LogP contribution in [0.15, 0.2) is 57.7 Å². The van der Waals surface area contributed by atoms with Crippen LogP contribution in [-0.2, 0) is 4.74 Å². The minimum atomic E-state index is -0.885. The highest BCUT2D eigenvalue weighted by Gasteiger charge is 2.18. The zero-order valence-electron chi connectivity index (χ0n) is 14.1. The Morgan fingerprint density at radius 3 is 2.59 bits per heavy atom. The minimum Gasteiger partial charge on any atom is -0.486 e. The molecule has 27 heavy (non-hydrogen) atoms. The van der Waals surface area contributed by atoms with Crippen LogP contribution in [0.3, 0.4) is 0 Å². The Bertz CT molecular complexity index is 1100. The second kappa shape index (κ2) is 6.95. The third kappa shape index (κ3) is 3.39. The van der Waals surface area contributed by atoms with Crippen molar-refractivity contribution in [3.63, 3.8) is 0 Å². The average Bonchev–Trinajstić information content (AvgIpc) is 2.71. The van der Waals surface area contributed by atoms with Gasteiger partial charge in [-0.3, -0.25) is 9.59 Å². The second-order valence-electron chi connectivity index (χ2n) is 5.83. The van der Waals surface area contributed by atoms with E-state index in [1.54, 1.807) is 42.5 Å². The van der Waals surface area contributed by atoms with Gasteiger partial charge in [-0.05, 0) is 30.3 Å². The fraction of sp³-hybridized carbons (Fsp3) is 0.150. The number of carbonyl (C=O) groups excluding carboxylic acids is 2. The summed E-state index contributed by atoms with van der Waals surface area (Å²) in [5, 5.41) is 0.362. The number of Topliss-reactive ketones (excluding diaryl/α,β-unsaturated/α-hetero) is 1. The van der Waals surface area contributed by atoms with Gasteiger partial charge in [0.1, 0.15) is 18.8 Å². The monoisotopic (exact) mass is 366 g/mol. The summed E-state index contributed by atoms with van der Waals surface area (Å²) in [6.07, 6.45) is 0. The lowest BCUT2D eigenvalue weighted by atomic mass is 10.1. The smallest absolute Gasteiger partial charge is 0.374 e. The van der Waals surface area contributed by atoms with Gasteiger partial charge in [0.05, 0.1) is 5.39 Å². The standard InChI is InChI=1S/C20H14O7/c21-14-10-19(27-16-4-2-1-3-13(14)16)20(23)26-11-15(22)12-5-6-17-18(9-12)25-8-7-24-17/h1-6,9-10H,7-8,11H2. The van der Waals surface area contributed by atoms with E-state index in [1.807, 2.05) is 0 Å². The van der Waals surface area contributed by atoms with Crippen molar-refractivity contribution in [3.05, 3.63) is 70.1 Å². The van der Waals surface area contributed by atoms with Crippen molar-refractivity contribution in [2.75, 3.05) is 19.8 Å². The van der Waals surface area contributed by atoms with Gasteiger partial charge in [-0.2, -0.15) is 0 Å². The molecule has 1 aromatic heterocycles. The quantitative estimate of drug-likeness (QED) is 0.518. The highest BCUT2D eigenvalue weighted by Crippen LogP contribution is 2.30. The van der Waals surface area contributed by atoms with Crippen LogP contribution in [0, 0.1) is 0 Å². The zero-order valence-corrected chi connectivity index (χ0v) is 14.1. The van der Waals surface area contributed by atoms with Crippen LogP contribution in [0.4, 0.5) is 0 Å². The number of carbonyl (C=O) groups is 2. The number of hydrogen-bond donors (Lipinski definition) is 0. The molecule has 0 atom stereocenters. The lowest BCUT2D eigenvalue weighted by Crippen LogP contribution is -2.18. The Balaban J connectivity index is 1.47. The number of hydrogen-bond acceptors (Lipinski definition) is 7. The van der Waals surface area contributed by atoms with Gasteiger partial charge < -0.3 is 18.6 Å². The van der Waals surface area contributed by atoms with E-state index in [0.29, 0.717) is 35.7 Å². The van der Waals surface area contributed by atoms with Crippen molar-refractivity contribution in [3.8, 4) is 11.5 Å². The topological polar surface area (TPSA) is 92.0 Å². The normalized spacial score (nSPS) is 12.6. The molecule has 7 heteroatoms. The van der Waals surface area contributed by atoms with E-state index in [1.165, 1.54) is 0 Å². The molecule has 2 aromatic carbocycles. The predicted molar refractivity (Wildman–Crippen MR) is 94.5 cm³/mol. The van der Waals surface area contributed by atoms with Crippen molar-refractivity contribution >= 4 is 22.7 Å². The first-order valence-corrected chi connectivity index (χ1v) is 8.25. The van der Waals surface area contributed by atoms with Crippen molar-refractivity contribution < 1.29 is 28.2 Å². The van der Waals surface area contributed by atoms with Gasteiger partial charge in [0, 0.05) is 11.6 Å². The summed E-state index contributed by atoms with van der Waals surface area (Å²) < 4.78 is 21.2. The van der Waals surface area contributed by atoms with Crippen LogP contribution >= 0.6 is 0 Å². The Labute approximate surface area is 153 Å². The SMILES string of the molecule is O=C(COC(=O)c1cc(=O)c2ccccc2o1)c1ccc2c(c1)OCCO2. The number of fused-ring (bicyclic) bond motifs is 2. The van der Waals surface area contributed by atoms with Crippen LogP contribution in [0.25, 0.3) is 11.0 Å². The molecular weight excluding hydrogens is 352 g/mol. The van der Waals surface area contributed by atoms with Crippen LogP contribution in [0.1, 0.15) is 20.9 Å². The van der Waals surface area contributed by atoms with Crippen LogP contribution in [0.2, 0.25) is 0 Å². The first kappa shape index (κ1) is 16.8. The molecule has 0 fully saturated rings. The van der Waals surface area contributed by atoms with E-state index in [9.17, 15) is 14.4 Å². The summed E-state index contributed by atoms with van der Waals surface area (Å²) in [4.78, 5) is 36.5. The molecule has 0 N–H and O–H groups in total. The Kier molecular flexibility index (Phi) is 4.33. The molecule has 7 nitrogen and oxygen atoms in total. The van der Waals surface area contributed by atoms with E-state index >= 15 is 0 Å². The maximum atomic E-state index is 12.3. The molecular formula is C20H14O7. The number of benzene rings is 2. The molecule has 136 valence electrons. The van der Waals surface area contributed by atoms with Gasteiger partial charge in [-0.15, -0.1) is 0 Å². The van der Waals surface area contributed by atoms with Gasteiger partial charge in [0.15, 0.2) is 29.3 Å².